The Hall–Kier alpha value is -5.21. The number of imide groups is 1. The number of fused-ring (bicyclic) bond motifs is 1. The maximum Gasteiger partial charge on any atom is 0.328 e. The number of para-hydroxylation sites is 1. The average Bonchev–Trinajstić information content (AvgIpc) is 3.72. The molecule has 0 bridgehead atoms. The molecule has 5 aliphatic heterocycles. The lowest BCUT2D eigenvalue weighted by molar-refractivity contribution is -0.141. The third-order valence-electron chi connectivity index (χ3n) is 15.2. The molecule has 1 atom stereocenters. The van der Waals surface area contributed by atoms with Gasteiger partial charge in [0.25, 0.3) is 0 Å². The number of β-lactam (4-membered cyclic amide) rings is 1. The van der Waals surface area contributed by atoms with Crippen LogP contribution in [0.15, 0.2) is 60.8 Å². The molecule has 9 rings (SSSR count). The number of anilines is 3. The van der Waals surface area contributed by atoms with E-state index in [0.717, 1.165) is 95.2 Å². The van der Waals surface area contributed by atoms with Gasteiger partial charge >= 0.3 is 6.03 Å². The first-order valence-electron chi connectivity index (χ1n) is 23.1. The number of phenolic OH excluding ortho intramolecular Hbond substituents is 1. The minimum atomic E-state index is -0.834. The largest absolute Gasteiger partial charge is 0.503 e. The van der Waals surface area contributed by atoms with Crippen LogP contribution in [0.4, 0.5) is 30.6 Å². The lowest BCUT2D eigenvalue weighted by atomic mass is 9.64. The van der Waals surface area contributed by atoms with Gasteiger partial charge in [0.05, 0.1) is 29.9 Å². The van der Waals surface area contributed by atoms with Gasteiger partial charge in [-0.1, -0.05) is 19.9 Å². The molecule has 1 aromatic heterocycles. The number of methoxy groups -OCH3 is 1. The van der Waals surface area contributed by atoms with Crippen molar-refractivity contribution in [1.82, 2.24) is 19.7 Å². The number of aromatic nitrogens is 1. The Bertz CT molecular complexity index is 2340. The Kier molecular flexibility index (Phi) is 12.1. The molecule has 0 unspecified atom stereocenters. The van der Waals surface area contributed by atoms with E-state index in [1.54, 1.807) is 18.1 Å². The van der Waals surface area contributed by atoms with E-state index in [0.29, 0.717) is 60.7 Å². The van der Waals surface area contributed by atoms with Crippen molar-refractivity contribution in [3.63, 3.8) is 0 Å². The van der Waals surface area contributed by atoms with E-state index < -0.39 is 23.0 Å². The number of hydrogen-bond acceptors (Lipinski definition) is 8. The van der Waals surface area contributed by atoms with E-state index in [-0.39, 0.29) is 29.4 Å². The van der Waals surface area contributed by atoms with Crippen LogP contribution in [0.2, 0.25) is 0 Å². The van der Waals surface area contributed by atoms with Crippen molar-refractivity contribution < 1.29 is 33.0 Å². The van der Waals surface area contributed by atoms with Gasteiger partial charge in [0.15, 0.2) is 11.6 Å². The Morgan fingerprint density at radius 3 is 2.10 bits per heavy atom. The maximum atomic E-state index is 16.3. The van der Waals surface area contributed by atoms with Crippen molar-refractivity contribution in [3.8, 4) is 11.5 Å². The number of nitrogens with zero attached hydrogens (tertiary/aromatic N) is 6. The highest BCUT2D eigenvalue weighted by molar-refractivity contribution is 6.08. The zero-order valence-corrected chi connectivity index (χ0v) is 36.8. The summed E-state index contributed by atoms with van der Waals surface area (Å²) in [5, 5.41) is 14.1. The number of urea groups is 1. The van der Waals surface area contributed by atoms with Crippen LogP contribution < -0.4 is 24.8 Å². The number of nitrogens with one attached hydrogen (secondary N) is 1. The van der Waals surface area contributed by atoms with Crippen LogP contribution in [0.25, 0.3) is 10.9 Å². The molecular formula is C49H61F2N7O5. The number of piperidine rings is 3. The van der Waals surface area contributed by atoms with Gasteiger partial charge < -0.3 is 29.1 Å². The first kappa shape index (κ1) is 43.1. The summed E-state index contributed by atoms with van der Waals surface area (Å²) in [6, 6.07) is 15.1. The van der Waals surface area contributed by atoms with Crippen molar-refractivity contribution in [2.24, 2.45) is 17.3 Å². The van der Waals surface area contributed by atoms with Crippen LogP contribution >= 0.6 is 0 Å². The van der Waals surface area contributed by atoms with Crippen LogP contribution in [-0.4, -0.2) is 103 Å². The summed E-state index contributed by atoms with van der Waals surface area (Å²) >= 11 is 0. The summed E-state index contributed by atoms with van der Waals surface area (Å²) in [6.45, 7) is 12.4. The van der Waals surface area contributed by atoms with E-state index in [1.807, 2.05) is 19.9 Å². The second-order valence-electron chi connectivity index (χ2n) is 18.5. The first-order chi connectivity index (χ1) is 30.5. The predicted molar refractivity (Wildman–Crippen MR) is 241 cm³/mol. The molecule has 336 valence electrons. The Labute approximate surface area is 368 Å². The van der Waals surface area contributed by atoms with E-state index in [9.17, 15) is 23.9 Å². The zero-order chi connectivity index (χ0) is 44.0. The standard InChI is InChI=1S/C49H61F2N7O5/c1-4-49(5-2)46(58(47(49)61)41-8-6-7-38(50)45(41)60)37-28-39(51)42(29-43(37)63-3)55-23-13-33(14-24-55)31-53-19-11-32(12-20-53)30-54-21-16-35(17-22-54)56-25-15-34-27-36(9-10-40(34)56)57-26-18-44(59)52-48(57)62/h6-10,15,25,27-29,32-33,35,46,60H,4-5,11-14,16-24,26,30-31H2,1-3H3,(H,52,59,62)/t46-/m0/s1. The van der Waals surface area contributed by atoms with Crippen molar-refractivity contribution in [2.75, 3.05) is 80.7 Å². The maximum absolute atomic E-state index is 16.3. The number of phenols is 1. The van der Waals surface area contributed by atoms with Crippen LogP contribution in [0, 0.1) is 28.9 Å². The number of amides is 4. The van der Waals surface area contributed by atoms with E-state index >= 15 is 4.39 Å². The number of aromatic hydroxyl groups is 1. The molecule has 0 radical (unpaired) electrons. The monoisotopic (exact) mass is 865 g/mol. The molecule has 14 heteroatoms. The number of likely N-dealkylation sites (tertiary alicyclic amines) is 2. The number of halogens is 2. The fourth-order valence-electron chi connectivity index (χ4n) is 11.4. The number of benzene rings is 3. The molecule has 4 amide bonds. The predicted octanol–water partition coefficient (Wildman–Crippen LogP) is 8.24. The highest BCUT2D eigenvalue weighted by atomic mass is 19.1. The normalized spacial score (nSPS) is 22.2. The Morgan fingerprint density at radius 1 is 0.778 bits per heavy atom. The molecule has 0 saturated carbocycles. The number of rotatable bonds is 12. The fourth-order valence-corrected chi connectivity index (χ4v) is 11.4. The summed E-state index contributed by atoms with van der Waals surface area (Å²) < 4.78 is 39.0. The summed E-state index contributed by atoms with van der Waals surface area (Å²) in [5.74, 6) is -0.503. The van der Waals surface area contributed by atoms with Gasteiger partial charge in [0, 0.05) is 92.7 Å². The molecule has 63 heavy (non-hydrogen) atoms. The number of carbonyl (C=O) groups excluding carboxylic acids is 3. The lowest BCUT2D eigenvalue weighted by Gasteiger charge is -2.56. The quantitative estimate of drug-likeness (QED) is 0.137. The fraction of sp³-hybridized carbons (Fsp3) is 0.531. The molecule has 6 heterocycles. The van der Waals surface area contributed by atoms with Gasteiger partial charge in [-0.3, -0.25) is 24.7 Å². The average molecular weight is 866 g/mol. The van der Waals surface area contributed by atoms with Crippen molar-refractivity contribution in [1.29, 1.82) is 0 Å². The van der Waals surface area contributed by atoms with Crippen LogP contribution in [-0.2, 0) is 9.59 Å². The highest BCUT2D eigenvalue weighted by Gasteiger charge is 2.61. The molecule has 3 aromatic carbocycles. The minimum absolute atomic E-state index is 0.0741. The topological polar surface area (TPSA) is 114 Å². The first-order valence-corrected chi connectivity index (χ1v) is 23.1. The molecular weight excluding hydrogens is 805 g/mol. The third-order valence-corrected chi connectivity index (χ3v) is 15.2. The van der Waals surface area contributed by atoms with Crippen molar-refractivity contribution in [2.45, 2.75) is 83.7 Å². The van der Waals surface area contributed by atoms with E-state index in [2.05, 4.69) is 49.0 Å². The molecule has 2 N–H and O–H groups in total. The number of ether oxygens (including phenoxy) is 1. The molecule has 5 aliphatic rings. The zero-order valence-electron chi connectivity index (χ0n) is 36.8. The summed E-state index contributed by atoms with van der Waals surface area (Å²) in [7, 11) is 1.55. The van der Waals surface area contributed by atoms with Gasteiger partial charge in [0.1, 0.15) is 11.6 Å². The second-order valence-corrected chi connectivity index (χ2v) is 18.5. The highest BCUT2D eigenvalue weighted by Crippen LogP contribution is 2.59. The Balaban J connectivity index is 0.747. The molecule has 12 nitrogen and oxygen atoms in total. The van der Waals surface area contributed by atoms with Gasteiger partial charge in [-0.05, 0) is 119 Å². The summed E-state index contributed by atoms with van der Waals surface area (Å²) in [5.41, 5.74) is 2.24. The van der Waals surface area contributed by atoms with Gasteiger partial charge in [0.2, 0.25) is 11.8 Å². The molecule has 5 saturated heterocycles. The number of carbonyl (C=O) groups is 3. The van der Waals surface area contributed by atoms with Crippen molar-refractivity contribution in [3.05, 3.63) is 78.0 Å². The van der Waals surface area contributed by atoms with E-state index in [4.69, 9.17) is 4.74 Å². The molecule has 0 aliphatic carbocycles. The van der Waals surface area contributed by atoms with Crippen LogP contribution in [0.1, 0.15) is 89.3 Å². The van der Waals surface area contributed by atoms with E-state index in [1.165, 1.54) is 41.5 Å². The van der Waals surface area contributed by atoms with Crippen LogP contribution in [0.5, 0.6) is 11.5 Å². The Morgan fingerprint density at radius 2 is 1.44 bits per heavy atom. The molecule has 0 spiro atoms. The summed E-state index contributed by atoms with van der Waals surface area (Å²) in [4.78, 5) is 48.2. The second kappa shape index (κ2) is 17.8. The minimum Gasteiger partial charge on any atom is -0.503 e. The smallest absolute Gasteiger partial charge is 0.328 e. The SMILES string of the molecule is CCC1(CC)C(=O)N(c2cccc(F)c2O)[C@H]1c1cc(F)c(N2CCC(CN3CCC(CN4CCC(n5ccc6cc(N7CCC(=O)NC7=O)ccc65)CC4)CC3)CC2)cc1OC. The molecule has 4 aromatic rings. The van der Waals surface area contributed by atoms with Gasteiger partial charge in [-0.25, -0.2) is 13.6 Å². The van der Waals surface area contributed by atoms with Crippen LogP contribution in [0.3, 0.4) is 0 Å². The molecule has 5 fully saturated rings. The number of hydrogen-bond donors (Lipinski definition) is 2. The third kappa shape index (κ3) is 8.02. The lowest BCUT2D eigenvalue weighted by Crippen LogP contribution is -2.63. The van der Waals surface area contributed by atoms with Gasteiger partial charge in [-0.15, -0.1) is 0 Å². The van der Waals surface area contributed by atoms with Gasteiger partial charge in [-0.2, -0.15) is 0 Å². The van der Waals surface area contributed by atoms with Crippen molar-refractivity contribution >= 4 is 45.8 Å². The summed E-state index contributed by atoms with van der Waals surface area (Å²) in [6.07, 6.45) is 10.1.